The van der Waals surface area contributed by atoms with Gasteiger partial charge in [-0.1, -0.05) is 378 Å². The summed E-state index contributed by atoms with van der Waals surface area (Å²) in [5, 5.41) is 23.4. The third-order valence-corrected chi connectivity index (χ3v) is 17.5. The van der Waals surface area contributed by atoms with Crippen molar-refractivity contribution in [3.05, 3.63) is 24.3 Å². The van der Waals surface area contributed by atoms with Gasteiger partial charge in [-0.15, -0.1) is 0 Å². The van der Waals surface area contributed by atoms with E-state index in [2.05, 4.69) is 43.5 Å². The average Bonchev–Trinajstić information content (AvgIpc) is 3.47. The minimum absolute atomic E-state index is 0.00722. The molecule has 0 spiro atoms. The van der Waals surface area contributed by atoms with Crippen LogP contribution in [0, 0.1) is 0 Å². The van der Waals surface area contributed by atoms with Gasteiger partial charge in [0.15, 0.2) is 0 Å². The van der Waals surface area contributed by atoms with Crippen molar-refractivity contribution in [2.24, 2.45) is 0 Å². The van der Waals surface area contributed by atoms with Crippen molar-refractivity contribution in [2.75, 3.05) is 13.2 Å². The summed E-state index contributed by atoms with van der Waals surface area (Å²) in [4.78, 5) is 24.6. The van der Waals surface area contributed by atoms with E-state index in [1.807, 2.05) is 0 Å². The summed E-state index contributed by atoms with van der Waals surface area (Å²) in [5.74, 6) is -0.0190. The summed E-state index contributed by atoms with van der Waals surface area (Å²) in [7, 11) is 0. The maximum Gasteiger partial charge on any atom is 0.305 e. The Labute approximate surface area is 507 Å². The molecule has 0 bridgehead atoms. The van der Waals surface area contributed by atoms with Crippen molar-refractivity contribution in [3.8, 4) is 0 Å². The van der Waals surface area contributed by atoms with Crippen LogP contribution in [0.5, 0.6) is 0 Å². The Morgan fingerprint density at radius 1 is 0.346 bits per heavy atom. The van der Waals surface area contributed by atoms with Crippen molar-refractivity contribution >= 4 is 11.9 Å². The first kappa shape index (κ1) is 79.3. The summed E-state index contributed by atoms with van der Waals surface area (Å²) in [5.41, 5.74) is 0. The molecule has 1 amide bonds. The number of hydrogen-bond donors (Lipinski definition) is 3. The van der Waals surface area contributed by atoms with Gasteiger partial charge >= 0.3 is 5.97 Å². The highest BCUT2D eigenvalue weighted by atomic mass is 16.5. The largest absolute Gasteiger partial charge is 0.466 e. The Hall–Kier alpha value is -1.66. The van der Waals surface area contributed by atoms with E-state index in [4.69, 9.17) is 4.74 Å². The number of amides is 1. The lowest BCUT2D eigenvalue weighted by Gasteiger charge is -2.22. The van der Waals surface area contributed by atoms with Gasteiger partial charge in [0, 0.05) is 12.8 Å². The molecule has 0 aromatic heterocycles. The van der Waals surface area contributed by atoms with E-state index in [1.54, 1.807) is 0 Å². The standard InChI is InChI=1S/C75H145NO5/c1-3-5-7-9-11-13-15-17-19-20-37-40-43-47-51-55-59-63-67-73(78)72(71-77)76-74(79)68-64-60-56-52-48-44-41-38-35-33-31-29-27-25-23-21-22-24-26-28-30-32-34-36-39-42-46-50-54-58-62-66-70-81-75(80)69-65-61-57-53-49-45-18-16-14-12-10-8-6-4-2/h10,12,16,18,72-73,77-78H,3-9,11,13-15,17,19-71H2,1-2H3,(H,76,79)/b12-10-,18-16-. The Morgan fingerprint density at radius 2 is 0.630 bits per heavy atom. The minimum Gasteiger partial charge on any atom is -0.466 e. The van der Waals surface area contributed by atoms with E-state index in [9.17, 15) is 19.8 Å². The molecule has 0 saturated heterocycles. The summed E-state index contributed by atoms with van der Waals surface area (Å²) >= 11 is 0. The fourth-order valence-corrected chi connectivity index (χ4v) is 11.8. The molecule has 0 radical (unpaired) electrons. The van der Waals surface area contributed by atoms with Gasteiger partial charge in [0.1, 0.15) is 0 Å². The SMILES string of the molecule is CCCC/C=C\C/C=C\CCCCCCCC(=O)OCCCCCCCCCCCCCCCCCCCCCCCCCCCCCCCCCCC(=O)NC(CO)C(O)CCCCCCCCCCCCCCCCCCCC. The molecule has 0 heterocycles. The smallest absolute Gasteiger partial charge is 0.305 e. The zero-order chi connectivity index (χ0) is 58.5. The van der Waals surface area contributed by atoms with Crippen LogP contribution in [-0.2, 0) is 14.3 Å². The maximum absolute atomic E-state index is 12.5. The first-order valence-electron chi connectivity index (χ1n) is 37.1. The lowest BCUT2D eigenvalue weighted by molar-refractivity contribution is -0.143. The molecule has 6 heteroatoms. The van der Waals surface area contributed by atoms with Gasteiger partial charge in [-0.05, 0) is 51.4 Å². The molecule has 0 aromatic rings. The van der Waals surface area contributed by atoms with Crippen LogP contribution in [0.2, 0.25) is 0 Å². The molecular formula is C75H145NO5. The van der Waals surface area contributed by atoms with Gasteiger partial charge in [-0.2, -0.15) is 0 Å². The van der Waals surface area contributed by atoms with Crippen molar-refractivity contribution in [3.63, 3.8) is 0 Å². The third-order valence-electron chi connectivity index (χ3n) is 17.5. The molecule has 0 aliphatic heterocycles. The number of allylic oxidation sites excluding steroid dienone is 4. The number of rotatable bonds is 70. The first-order chi connectivity index (χ1) is 40.0. The van der Waals surface area contributed by atoms with E-state index in [0.29, 0.717) is 25.9 Å². The molecule has 0 aliphatic carbocycles. The van der Waals surface area contributed by atoms with Gasteiger partial charge in [-0.3, -0.25) is 9.59 Å². The molecule has 0 saturated carbocycles. The van der Waals surface area contributed by atoms with Crippen LogP contribution in [0.3, 0.4) is 0 Å². The van der Waals surface area contributed by atoms with Gasteiger partial charge < -0.3 is 20.3 Å². The minimum atomic E-state index is -0.661. The van der Waals surface area contributed by atoms with Crippen LogP contribution in [0.15, 0.2) is 24.3 Å². The maximum atomic E-state index is 12.5. The summed E-state index contributed by atoms with van der Waals surface area (Å²) in [6.45, 7) is 4.95. The van der Waals surface area contributed by atoms with Gasteiger partial charge in [0.2, 0.25) is 5.91 Å². The van der Waals surface area contributed by atoms with Crippen molar-refractivity contribution in [1.29, 1.82) is 0 Å². The second-order valence-corrected chi connectivity index (χ2v) is 25.6. The van der Waals surface area contributed by atoms with Crippen LogP contribution < -0.4 is 5.32 Å². The van der Waals surface area contributed by atoms with Gasteiger partial charge in [0.05, 0.1) is 25.4 Å². The molecule has 480 valence electrons. The zero-order valence-corrected chi connectivity index (χ0v) is 55.0. The van der Waals surface area contributed by atoms with Crippen molar-refractivity contribution < 1.29 is 24.5 Å². The van der Waals surface area contributed by atoms with Gasteiger partial charge in [-0.25, -0.2) is 0 Å². The molecule has 2 atom stereocenters. The van der Waals surface area contributed by atoms with Crippen LogP contribution >= 0.6 is 0 Å². The second kappa shape index (κ2) is 70.8. The van der Waals surface area contributed by atoms with Crippen LogP contribution in [-0.4, -0.2) is 47.4 Å². The molecule has 0 aliphatic rings. The highest BCUT2D eigenvalue weighted by molar-refractivity contribution is 5.76. The van der Waals surface area contributed by atoms with E-state index < -0.39 is 12.1 Å². The van der Waals surface area contributed by atoms with Crippen molar-refractivity contribution in [2.45, 2.75) is 431 Å². The van der Waals surface area contributed by atoms with Gasteiger partial charge in [0.25, 0.3) is 0 Å². The highest BCUT2D eigenvalue weighted by Crippen LogP contribution is 2.20. The predicted octanol–water partition coefficient (Wildman–Crippen LogP) is 24.1. The molecule has 0 fully saturated rings. The Bertz CT molecular complexity index is 1270. The quantitative estimate of drug-likeness (QED) is 0.0320. The third kappa shape index (κ3) is 67.3. The number of aliphatic hydroxyl groups excluding tert-OH is 2. The number of carbonyl (C=O) groups is 2. The van der Waals surface area contributed by atoms with E-state index in [-0.39, 0.29) is 18.5 Å². The number of nitrogens with one attached hydrogen (secondary N) is 1. The second-order valence-electron chi connectivity index (χ2n) is 25.6. The zero-order valence-electron chi connectivity index (χ0n) is 55.0. The number of unbranched alkanes of at least 4 members (excludes halogenated alkanes) is 55. The van der Waals surface area contributed by atoms with E-state index >= 15 is 0 Å². The molecule has 0 rings (SSSR count). The van der Waals surface area contributed by atoms with Crippen LogP contribution in [0.4, 0.5) is 0 Å². The topological polar surface area (TPSA) is 95.9 Å². The predicted molar refractivity (Wildman–Crippen MR) is 356 cm³/mol. The van der Waals surface area contributed by atoms with Crippen LogP contribution in [0.1, 0.15) is 418 Å². The fraction of sp³-hybridized carbons (Fsp3) is 0.920. The summed E-state index contributed by atoms with van der Waals surface area (Å²) < 4.78 is 5.49. The highest BCUT2D eigenvalue weighted by Gasteiger charge is 2.20. The lowest BCUT2D eigenvalue weighted by Crippen LogP contribution is -2.45. The van der Waals surface area contributed by atoms with Crippen LogP contribution in [0.25, 0.3) is 0 Å². The van der Waals surface area contributed by atoms with E-state index in [1.165, 1.54) is 334 Å². The fourth-order valence-electron chi connectivity index (χ4n) is 11.8. The molecule has 6 nitrogen and oxygen atoms in total. The molecule has 0 aromatic carbocycles. The average molecular weight is 1140 g/mol. The number of aliphatic hydroxyl groups is 2. The van der Waals surface area contributed by atoms with Crippen molar-refractivity contribution in [1.82, 2.24) is 5.32 Å². The number of esters is 1. The number of hydrogen-bond acceptors (Lipinski definition) is 5. The molecule has 3 N–H and O–H groups in total. The van der Waals surface area contributed by atoms with E-state index in [0.717, 1.165) is 51.4 Å². The Kier molecular flexibility index (Phi) is 69.4. The summed E-state index contributed by atoms with van der Waals surface area (Å²) in [6, 6.07) is -0.538. The first-order valence-corrected chi connectivity index (χ1v) is 37.1. The monoisotopic (exact) mass is 1140 g/mol. The normalized spacial score (nSPS) is 12.6. The number of ether oxygens (including phenoxy) is 1. The lowest BCUT2D eigenvalue weighted by atomic mass is 10.0. The Balaban J connectivity index is 3.32. The Morgan fingerprint density at radius 3 is 0.975 bits per heavy atom. The molecular weight excluding hydrogens is 995 g/mol. The molecule has 2 unspecified atom stereocenters. The molecule has 81 heavy (non-hydrogen) atoms. The summed E-state index contributed by atoms with van der Waals surface area (Å²) in [6.07, 6.45) is 89.6. The number of carbonyl (C=O) groups excluding carboxylic acids is 2.